The Morgan fingerprint density at radius 3 is 2.42 bits per heavy atom. The van der Waals surface area contributed by atoms with Crippen molar-refractivity contribution in [3.8, 4) is 0 Å². The summed E-state index contributed by atoms with van der Waals surface area (Å²) in [6.07, 6.45) is 2.94. The van der Waals surface area contributed by atoms with Gasteiger partial charge in [0.15, 0.2) is 0 Å². The molecule has 0 aliphatic carbocycles. The van der Waals surface area contributed by atoms with Gasteiger partial charge in [0.25, 0.3) is 0 Å². The Morgan fingerprint density at radius 1 is 1.42 bits per heavy atom. The number of hydrogen-bond donors (Lipinski definition) is 2. The molecule has 0 aromatic carbocycles. The van der Waals surface area contributed by atoms with Crippen LogP contribution in [-0.2, 0) is 4.79 Å². The van der Waals surface area contributed by atoms with Crippen molar-refractivity contribution in [2.24, 2.45) is 0 Å². The number of carboxylic acids is 1. The van der Waals surface area contributed by atoms with Crippen molar-refractivity contribution in [1.82, 2.24) is 0 Å². The third-order valence-electron chi connectivity index (χ3n) is 1.65. The number of aliphatic hydroxyl groups excluding tert-OH is 1. The fourth-order valence-electron chi connectivity index (χ4n) is 0.860. The van der Waals surface area contributed by atoms with E-state index in [-0.39, 0.29) is 63.9 Å². The van der Waals surface area contributed by atoms with Gasteiger partial charge in [-0.05, 0) is 19.3 Å². The molecule has 4 heteroatoms. The summed E-state index contributed by atoms with van der Waals surface area (Å²) in [5.41, 5.74) is 0. The van der Waals surface area contributed by atoms with Crippen molar-refractivity contribution in [1.29, 1.82) is 0 Å². The quantitative estimate of drug-likeness (QED) is 0.491. The van der Waals surface area contributed by atoms with Crippen LogP contribution in [0.1, 0.15) is 39.0 Å². The second kappa shape index (κ2) is 10.1. The summed E-state index contributed by atoms with van der Waals surface area (Å²) in [5, 5.41) is 17.3. The van der Waals surface area contributed by atoms with E-state index in [1.165, 1.54) is 0 Å². The first-order valence-corrected chi connectivity index (χ1v) is 4.06. The van der Waals surface area contributed by atoms with Gasteiger partial charge in [0.05, 0.1) is 6.10 Å². The van der Waals surface area contributed by atoms with E-state index in [2.05, 4.69) is 0 Å². The summed E-state index contributed by atoms with van der Waals surface area (Å²) in [6, 6.07) is 0. The van der Waals surface area contributed by atoms with Crippen LogP contribution < -0.4 is 0 Å². The van der Waals surface area contributed by atoms with Crippen molar-refractivity contribution >= 4 is 57.4 Å². The summed E-state index contributed by atoms with van der Waals surface area (Å²) in [4.78, 5) is 10.1. The molecule has 0 aliphatic rings. The third-order valence-corrected chi connectivity index (χ3v) is 1.65. The molecule has 0 saturated carbocycles. The van der Waals surface area contributed by atoms with Gasteiger partial charge in [0.1, 0.15) is 0 Å². The van der Waals surface area contributed by atoms with Crippen molar-refractivity contribution in [3.63, 3.8) is 0 Å². The molecule has 0 aromatic rings. The zero-order valence-corrected chi connectivity index (χ0v) is 6.92. The Bertz CT molecular complexity index is 117. The molecular weight excluding hydrogens is 183 g/mol. The summed E-state index contributed by atoms with van der Waals surface area (Å²) in [7, 11) is 0. The molecule has 0 saturated heterocycles. The molecule has 0 fully saturated rings. The predicted octanol–water partition coefficient (Wildman–Crippen LogP) is 0.754. The van der Waals surface area contributed by atoms with Crippen LogP contribution in [0.15, 0.2) is 0 Å². The molecule has 3 nitrogen and oxygen atoms in total. The predicted molar refractivity (Wildman–Crippen MR) is 49.6 cm³/mol. The molecule has 0 aromatic heterocycles. The van der Waals surface area contributed by atoms with Crippen molar-refractivity contribution in [2.75, 3.05) is 0 Å². The number of carbonyl (C=O) groups is 1. The molecule has 0 spiro atoms. The standard InChI is InChI=1S/C8H16O3.K.H/c1-2-7(9)5-3-4-6-8(10)11;;/h7,9H,2-6H2,1H3,(H,10,11);;. The van der Waals surface area contributed by atoms with Gasteiger partial charge in [0, 0.05) is 6.42 Å². The second-order valence-corrected chi connectivity index (χ2v) is 2.70. The fourth-order valence-corrected chi connectivity index (χ4v) is 0.860. The number of carboxylic acid groups (broad SMARTS) is 1. The Morgan fingerprint density at radius 2 is 2.00 bits per heavy atom. The summed E-state index contributed by atoms with van der Waals surface area (Å²) < 4.78 is 0. The first-order chi connectivity index (χ1) is 5.16. The molecule has 0 heterocycles. The summed E-state index contributed by atoms with van der Waals surface area (Å²) in [6.45, 7) is 1.92. The van der Waals surface area contributed by atoms with Crippen molar-refractivity contribution in [3.05, 3.63) is 0 Å². The Balaban J connectivity index is 0. The number of aliphatic carboxylic acids is 1. The normalized spacial score (nSPS) is 11.8. The molecule has 68 valence electrons. The number of hydrogen-bond acceptors (Lipinski definition) is 2. The molecule has 0 aliphatic heterocycles. The van der Waals surface area contributed by atoms with E-state index < -0.39 is 5.97 Å². The van der Waals surface area contributed by atoms with E-state index in [9.17, 15) is 4.79 Å². The van der Waals surface area contributed by atoms with Gasteiger partial charge in [0.2, 0.25) is 0 Å². The Kier molecular flexibility index (Phi) is 13.1. The fraction of sp³-hybridized carbons (Fsp3) is 0.875. The number of rotatable bonds is 6. The van der Waals surface area contributed by atoms with Crippen LogP contribution >= 0.6 is 0 Å². The summed E-state index contributed by atoms with van der Waals surface area (Å²) >= 11 is 0. The van der Waals surface area contributed by atoms with E-state index in [4.69, 9.17) is 10.2 Å². The molecule has 2 N–H and O–H groups in total. The molecule has 12 heavy (non-hydrogen) atoms. The van der Waals surface area contributed by atoms with Crippen molar-refractivity contribution in [2.45, 2.75) is 45.1 Å². The van der Waals surface area contributed by atoms with Crippen LogP contribution in [0.2, 0.25) is 0 Å². The SMILES string of the molecule is CCC(O)CCCCC(=O)O.[KH]. The van der Waals surface area contributed by atoms with Crippen LogP contribution in [0.3, 0.4) is 0 Å². The monoisotopic (exact) mass is 200 g/mol. The third kappa shape index (κ3) is 11.1. The maximum atomic E-state index is 10.1. The Labute approximate surface area is 116 Å². The van der Waals surface area contributed by atoms with Gasteiger partial charge in [-0.3, -0.25) is 4.79 Å². The summed E-state index contributed by atoms with van der Waals surface area (Å²) in [5.74, 6) is -0.754. The van der Waals surface area contributed by atoms with Crippen LogP contribution in [0.25, 0.3) is 0 Å². The molecule has 0 rings (SSSR count). The van der Waals surface area contributed by atoms with E-state index in [1.807, 2.05) is 6.92 Å². The number of aliphatic hydroxyl groups is 1. The maximum absolute atomic E-state index is 10.1. The van der Waals surface area contributed by atoms with Gasteiger partial charge >= 0.3 is 57.4 Å². The molecule has 0 radical (unpaired) electrons. The van der Waals surface area contributed by atoms with Gasteiger partial charge < -0.3 is 10.2 Å². The van der Waals surface area contributed by atoms with Crippen molar-refractivity contribution < 1.29 is 15.0 Å². The van der Waals surface area contributed by atoms with E-state index in [0.29, 0.717) is 6.42 Å². The van der Waals surface area contributed by atoms with Crippen LogP contribution in [0, 0.1) is 0 Å². The first-order valence-electron chi connectivity index (χ1n) is 4.06. The van der Waals surface area contributed by atoms with E-state index in [0.717, 1.165) is 19.3 Å². The van der Waals surface area contributed by atoms with Crippen LogP contribution in [0.4, 0.5) is 0 Å². The van der Waals surface area contributed by atoms with E-state index >= 15 is 0 Å². The molecular formula is C8H17KO3. The molecule has 1 unspecified atom stereocenters. The van der Waals surface area contributed by atoms with Crippen LogP contribution in [0.5, 0.6) is 0 Å². The minimum absolute atomic E-state index is 0. The van der Waals surface area contributed by atoms with Gasteiger partial charge in [-0.25, -0.2) is 0 Å². The number of unbranched alkanes of at least 4 members (excludes halogenated alkanes) is 1. The topological polar surface area (TPSA) is 57.5 Å². The zero-order chi connectivity index (χ0) is 8.69. The second-order valence-electron chi connectivity index (χ2n) is 2.70. The minimum atomic E-state index is -0.754. The molecule has 0 amide bonds. The van der Waals surface area contributed by atoms with Crippen LogP contribution in [-0.4, -0.2) is 73.7 Å². The van der Waals surface area contributed by atoms with Gasteiger partial charge in [-0.15, -0.1) is 0 Å². The van der Waals surface area contributed by atoms with Gasteiger partial charge in [-0.1, -0.05) is 13.3 Å². The molecule has 0 bridgehead atoms. The average Bonchev–Trinajstić information content (AvgIpc) is 1.97. The first kappa shape index (κ1) is 15.5. The van der Waals surface area contributed by atoms with E-state index in [1.54, 1.807) is 0 Å². The zero-order valence-electron chi connectivity index (χ0n) is 6.92. The Hall–Kier alpha value is 1.07. The average molecular weight is 200 g/mol. The van der Waals surface area contributed by atoms with Gasteiger partial charge in [-0.2, -0.15) is 0 Å². The molecule has 1 atom stereocenters.